The molecular weight excluding hydrogens is 362 g/mol. The van der Waals surface area contributed by atoms with E-state index in [9.17, 15) is 9.90 Å². The van der Waals surface area contributed by atoms with Gasteiger partial charge in [0, 0.05) is 13.7 Å². The minimum Gasteiger partial charge on any atom is -0.389 e. The van der Waals surface area contributed by atoms with E-state index in [2.05, 4.69) is 37.2 Å². The number of nitrogens with one attached hydrogen (secondary N) is 1. The zero-order valence-electron chi connectivity index (χ0n) is 8.50. The number of aliphatic hydroxyl groups excluding tert-OH is 1. The second-order valence-electron chi connectivity index (χ2n) is 3.06. The van der Waals surface area contributed by atoms with Gasteiger partial charge in [0.15, 0.2) is 0 Å². The molecule has 0 aliphatic carbocycles. The van der Waals surface area contributed by atoms with E-state index in [-0.39, 0.29) is 19.1 Å². The molecule has 0 saturated heterocycles. The van der Waals surface area contributed by atoms with Crippen molar-refractivity contribution in [2.45, 2.75) is 6.10 Å². The maximum Gasteiger partial charge on any atom is 0.253 e. The number of methoxy groups -OCH3 is 1. The summed E-state index contributed by atoms with van der Waals surface area (Å²) in [6, 6.07) is 1.73. The van der Waals surface area contributed by atoms with Gasteiger partial charge in [0.05, 0.1) is 25.8 Å². The normalized spacial score (nSPS) is 12.5. The lowest BCUT2D eigenvalue weighted by molar-refractivity contribution is 0.0609. The number of amides is 1. The summed E-state index contributed by atoms with van der Waals surface area (Å²) in [4.78, 5) is 11.7. The highest BCUT2D eigenvalue weighted by molar-refractivity contribution is 9.12. The van der Waals surface area contributed by atoms with Gasteiger partial charge < -0.3 is 15.2 Å². The molecule has 16 heavy (non-hydrogen) atoms. The Morgan fingerprint density at radius 1 is 1.69 bits per heavy atom. The van der Waals surface area contributed by atoms with E-state index in [4.69, 9.17) is 4.74 Å². The zero-order chi connectivity index (χ0) is 12.1. The maximum absolute atomic E-state index is 11.7. The van der Waals surface area contributed by atoms with Crippen LogP contribution in [0.25, 0.3) is 0 Å². The average molecular weight is 373 g/mol. The number of thiophene rings is 1. The largest absolute Gasteiger partial charge is 0.389 e. The number of ether oxygens (including phenoxy) is 1. The molecule has 0 aliphatic rings. The number of carbonyl (C=O) groups excluding carboxylic acids is 1. The van der Waals surface area contributed by atoms with Crippen molar-refractivity contribution in [1.29, 1.82) is 0 Å². The van der Waals surface area contributed by atoms with Gasteiger partial charge in [-0.2, -0.15) is 0 Å². The molecule has 1 rings (SSSR count). The lowest BCUT2D eigenvalue weighted by atomic mass is 10.3. The quantitative estimate of drug-likeness (QED) is 0.831. The first-order valence-electron chi connectivity index (χ1n) is 4.44. The van der Waals surface area contributed by atoms with Crippen LogP contribution in [0.4, 0.5) is 0 Å². The van der Waals surface area contributed by atoms with Gasteiger partial charge in [0.1, 0.15) is 0 Å². The number of hydrogen-bond donors (Lipinski definition) is 2. The third-order valence-electron chi connectivity index (χ3n) is 1.76. The second-order valence-corrected chi connectivity index (χ2v) is 6.81. The van der Waals surface area contributed by atoms with Crippen molar-refractivity contribution in [3.05, 3.63) is 19.2 Å². The zero-order valence-corrected chi connectivity index (χ0v) is 12.5. The summed E-state index contributed by atoms with van der Waals surface area (Å²) < 4.78 is 6.39. The molecule has 0 radical (unpaired) electrons. The van der Waals surface area contributed by atoms with Crippen molar-refractivity contribution in [1.82, 2.24) is 5.32 Å². The second kappa shape index (κ2) is 6.70. The Morgan fingerprint density at radius 3 is 2.88 bits per heavy atom. The van der Waals surface area contributed by atoms with E-state index in [1.807, 2.05) is 0 Å². The van der Waals surface area contributed by atoms with Crippen molar-refractivity contribution in [2.24, 2.45) is 0 Å². The molecule has 1 heterocycles. The predicted octanol–water partition coefficient (Wildman–Crippen LogP) is 2.01. The number of halogens is 2. The van der Waals surface area contributed by atoms with E-state index >= 15 is 0 Å². The Hall–Kier alpha value is 0.0500. The lowest BCUT2D eigenvalue weighted by Gasteiger charge is -2.10. The van der Waals surface area contributed by atoms with E-state index in [0.29, 0.717) is 5.56 Å². The Bertz CT molecular complexity index is 370. The molecule has 2 N–H and O–H groups in total. The van der Waals surface area contributed by atoms with Gasteiger partial charge in [-0.1, -0.05) is 0 Å². The fourth-order valence-electron chi connectivity index (χ4n) is 1.05. The first-order valence-corrected chi connectivity index (χ1v) is 6.85. The van der Waals surface area contributed by atoms with Crippen molar-refractivity contribution in [2.75, 3.05) is 20.3 Å². The highest BCUT2D eigenvalue weighted by Gasteiger charge is 2.14. The predicted molar refractivity (Wildman–Crippen MR) is 69.9 cm³/mol. The van der Waals surface area contributed by atoms with Crippen LogP contribution in [0.3, 0.4) is 0 Å². The van der Waals surface area contributed by atoms with Gasteiger partial charge in [-0.3, -0.25) is 4.79 Å². The Labute approximate surface area is 114 Å². The molecule has 0 bridgehead atoms. The monoisotopic (exact) mass is 371 g/mol. The molecule has 0 spiro atoms. The third kappa shape index (κ3) is 4.14. The SMILES string of the molecule is COCC(O)CNC(=O)c1cc(Br)sc1Br. The fourth-order valence-corrected chi connectivity index (χ4v) is 3.85. The van der Waals surface area contributed by atoms with E-state index < -0.39 is 6.10 Å². The number of hydrogen-bond acceptors (Lipinski definition) is 4. The molecule has 90 valence electrons. The average Bonchev–Trinajstić information content (AvgIpc) is 2.55. The molecule has 1 aromatic rings. The first-order chi connectivity index (χ1) is 7.54. The van der Waals surface area contributed by atoms with Crippen LogP contribution in [0.1, 0.15) is 10.4 Å². The Morgan fingerprint density at radius 2 is 2.38 bits per heavy atom. The molecular formula is C9H11Br2NO3S. The summed E-state index contributed by atoms with van der Waals surface area (Å²) in [6.07, 6.45) is -0.685. The van der Waals surface area contributed by atoms with Gasteiger partial charge in [-0.05, 0) is 37.9 Å². The van der Waals surface area contributed by atoms with Gasteiger partial charge in [-0.15, -0.1) is 11.3 Å². The number of rotatable bonds is 5. The Balaban J connectivity index is 2.50. The molecule has 0 aliphatic heterocycles. The number of carbonyl (C=O) groups is 1. The van der Waals surface area contributed by atoms with Gasteiger partial charge in [0.25, 0.3) is 5.91 Å². The molecule has 4 nitrogen and oxygen atoms in total. The smallest absolute Gasteiger partial charge is 0.253 e. The van der Waals surface area contributed by atoms with Gasteiger partial charge >= 0.3 is 0 Å². The molecule has 0 saturated carbocycles. The lowest BCUT2D eigenvalue weighted by Crippen LogP contribution is -2.34. The Kier molecular flexibility index (Phi) is 5.91. The molecule has 0 aromatic carbocycles. The van der Waals surface area contributed by atoms with Crippen LogP contribution in [-0.4, -0.2) is 37.4 Å². The van der Waals surface area contributed by atoms with Crippen LogP contribution in [0, 0.1) is 0 Å². The van der Waals surface area contributed by atoms with E-state index in [0.717, 1.165) is 7.57 Å². The van der Waals surface area contributed by atoms with Gasteiger partial charge in [0.2, 0.25) is 0 Å². The van der Waals surface area contributed by atoms with Crippen molar-refractivity contribution in [3.63, 3.8) is 0 Å². The first kappa shape index (κ1) is 14.1. The standard InChI is InChI=1S/C9H11Br2NO3S/c1-15-4-5(13)3-12-9(14)6-2-7(10)16-8(6)11/h2,5,13H,3-4H2,1H3,(H,12,14). The van der Waals surface area contributed by atoms with Crippen molar-refractivity contribution < 1.29 is 14.6 Å². The van der Waals surface area contributed by atoms with E-state index in [1.165, 1.54) is 18.4 Å². The van der Waals surface area contributed by atoms with E-state index in [1.54, 1.807) is 6.07 Å². The molecule has 1 unspecified atom stereocenters. The molecule has 7 heteroatoms. The number of aliphatic hydroxyl groups is 1. The molecule has 1 amide bonds. The summed E-state index contributed by atoms with van der Waals surface area (Å²) in [5.74, 6) is -0.219. The van der Waals surface area contributed by atoms with Crippen LogP contribution in [0.15, 0.2) is 13.6 Å². The summed E-state index contributed by atoms with van der Waals surface area (Å²) >= 11 is 8.02. The summed E-state index contributed by atoms with van der Waals surface area (Å²) in [6.45, 7) is 0.376. The topological polar surface area (TPSA) is 58.6 Å². The van der Waals surface area contributed by atoms with Crippen molar-refractivity contribution >= 4 is 49.1 Å². The molecule has 0 fully saturated rings. The molecule has 1 atom stereocenters. The van der Waals surface area contributed by atoms with Crippen LogP contribution >= 0.6 is 43.2 Å². The van der Waals surface area contributed by atoms with Gasteiger partial charge in [-0.25, -0.2) is 0 Å². The summed E-state index contributed by atoms with van der Waals surface area (Å²) in [5.41, 5.74) is 0.557. The van der Waals surface area contributed by atoms with Crippen LogP contribution in [0.5, 0.6) is 0 Å². The highest BCUT2D eigenvalue weighted by Crippen LogP contribution is 2.31. The summed E-state index contributed by atoms with van der Waals surface area (Å²) in [5, 5.41) is 12.0. The minimum absolute atomic E-state index is 0.173. The minimum atomic E-state index is -0.685. The van der Waals surface area contributed by atoms with Crippen LogP contribution in [-0.2, 0) is 4.74 Å². The summed E-state index contributed by atoms with van der Waals surface area (Å²) in [7, 11) is 1.50. The highest BCUT2D eigenvalue weighted by atomic mass is 79.9. The fraction of sp³-hybridized carbons (Fsp3) is 0.444. The third-order valence-corrected chi connectivity index (χ3v) is 4.10. The van der Waals surface area contributed by atoms with Crippen LogP contribution < -0.4 is 5.32 Å². The molecule has 1 aromatic heterocycles. The van der Waals surface area contributed by atoms with Crippen molar-refractivity contribution in [3.8, 4) is 0 Å². The van der Waals surface area contributed by atoms with Crippen LogP contribution in [0.2, 0.25) is 0 Å². The maximum atomic E-state index is 11.7.